The molecule has 1 N–H and O–H groups in total. The summed E-state index contributed by atoms with van der Waals surface area (Å²) in [4.78, 5) is 11.1. The van der Waals surface area contributed by atoms with E-state index in [0.717, 1.165) is 12.8 Å². The maximum atomic E-state index is 11.7. The van der Waals surface area contributed by atoms with E-state index in [4.69, 9.17) is 0 Å². The summed E-state index contributed by atoms with van der Waals surface area (Å²) in [5.74, 6) is 0.489. The minimum Gasteiger partial charge on any atom is -0.295 e. The fourth-order valence-corrected chi connectivity index (χ4v) is 3.12. The second-order valence-corrected chi connectivity index (χ2v) is 6.23. The molecular formula is C12H15NO3S. The number of rotatable bonds is 5. The number of carbonyl (C=O) groups excluding carboxylic acids is 1. The number of benzene rings is 1. The van der Waals surface area contributed by atoms with E-state index in [-0.39, 0.29) is 11.5 Å². The van der Waals surface area contributed by atoms with E-state index in [2.05, 4.69) is 4.72 Å². The van der Waals surface area contributed by atoms with Crippen LogP contribution >= 0.6 is 0 Å². The Morgan fingerprint density at radius 2 is 1.88 bits per heavy atom. The Morgan fingerprint density at radius 3 is 2.35 bits per heavy atom. The molecule has 0 aliphatic heterocycles. The predicted molar refractivity (Wildman–Crippen MR) is 66.6 cm³/mol. The van der Waals surface area contributed by atoms with Crippen LogP contribution in [0, 0.1) is 5.92 Å². The van der Waals surface area contributed by atoms with Gasteiger partial charge in [-0.1, -0.05) is 0 Å². The van der Waals surface area contributed by atoms with Gasteiger partial charge >= 0.3 is 0 Å². The molecule has 0 radical (unpaired) electrons. The zero-order valence-electron chi connectivity index (χ0n) is 9.64. The molecule has 0 saturated heterocycles. The van der Waals surface area contributed by atoms with Crippen LogP contribution in [-0.2, 0) is 10.0 Å². The first-order chi connectivity index (χ1) is 7.96. The van der Waals surface area contributed by atoms with Crippen molar-refractivity contribution in [3.05, 3.63) is 29.8 Å². The third-order valence-corrected chi connectivity index (χ3v) is 4.17. The first-order valence-corrected chi connectivity index (χ1v) is 7.23. The highest BCUT2D eigenvalue weighted by Crippen LogP contribution is 2.30. The first-order valence-electron chi connectivity index (χ1n) is 5.58. The van der Waals surface area contributed by atoms with Crippen LogP contribution in [0.15, 0.2) is 24.3 Å². The lowest BCUT2D eigenvalue weighted by Crippen LogP contribution is -2.17. The van der Waals surface area contributed by atoms with Gasteiger partial charge in [-0.15, -0.1) is 0 Å². The van der Waals surface area contributed by atoms with Crippen LogP contribution in [0.5, 0.6) is 0 Å². The quantitative estimate of drug-likeness (QED) is 0.817. The largest absolute Gasteiger partial charge is 0.295 e. The molecule has 0 bridgehead atoms. The fraction of sp³-hybridized carbons (Fsp3) is 0.417. The number of hydrogen-bond acceptors (Lipinski definition) is 3. The Labute approximate surface area is 101 Å². The van der Waals surface area contributed by atoms with Crippen molar-refractivity contribution < 1.29 is 13.2 Å². The van der Waals surface area contributed by atoms with Crippen molar-refractivity contribution >= 4 is 21.5 Å². The molecule has 5 heteroatoms. The summed E-state index contributed by atoms with van der Waals surface area (Å²) in [6.45, 7) is 1.48. The van der Waals surface area contributed by atoms with Gasteiger partial charge in [0.05, 0.1) is 5.75 Å². The second-order valence-electron chi connectivity index (χ2n) is 4.46. The summed E-state index contributed by atoms with van der Waals surface area (Å²) in [6.07, 6.45) is 2.01. The van der Waals surface area contributed by atoms with Gasteiger partial charge in [0, 0.05) is 11.3 Å². The predicted octanol–water partition coefficient (Wildman–Crippen LogP) is 2.04. The van der Waals surface area contributed by atoms with E-state index in [1.807, 2.05) is 0 Å². The molecule has 0 unspecified atom stereocenters. The summed E-state index contributed by atoms with van der Waals surface area (Å²) in [5.41, 5.74) is 1.09. The molecule has 1 aromatic carbocycles. The smallest absolute Gasteiger partial charge is 0.232 e. The number of carbonyl (C=O) groups is 1. The van der Waals surface area contributed by atoms with Gasteiger partial charge in [0.25, 0.3) is 0 Å². The van der Waals surface area contributed by atoms with Gasteiger partial charge in [0.15, 0.2) is 5.78 Å². The monoisotopic (exact) mass is 253 g/mol. The van der Waals surface area contributed by atoms with E-state index < -0.39 is 10.0 Å². The number of anilines is 1. The average Bonchev–Trinajstić information content (AvgIpc) is 3.00. The summed E-state index contributed by atoms with van der Waals surface area (Å²) in [6, 6.07) is 6.47. The van der Waals surface area contributed by atoms with E-state index in [9.17, 15) is 13.2 Å². The van der Waals surface area contributed by atoms with Crippen LogP contribution in [0.4, 0.5) is 5.69 Å². The molecule has 0 spiro atoms. The van der Waals surface area contributed by atoms with Gasteiger partial charge in [-0.2, -0.15) is 0 Å². The van der Waals surface area contributed by atoms with Crippen molar-refractivity contribution in [1.29, 1.82) is 0 Å². The molecular weight excluding hydrogens is 238 g/mol. The van der Waals surface area contributed by atoms with Crippen molar-refractivity contribution in [1.82, 2.24) is 0 Å². The number of ketones is 1. The zero-order chi connectivity index (χ0) is 12.5. The van der Waals surface area contributed by atoms with Crippen molar-refractivity contribution in [3.63, 3.8) is 0 Å². The minimum absolute atomic E-state index is 0.0302. The van der Waals surface area contributed by atoms with Crippen LogP contribution in [0.3, 0.4) is 0 Å². The number of hydrogen-bond donors (Lipinski definition) is 1. The standard InChI is InChI=1S/C12H15NO3S/c1-9(14)11-4-6-12(7-5-11)13-17(15,16)8-10-2-3-10/h4-7,10,13H,2-3,8H2,1H3. The molecule has 1 fully saturated rings. The van der Waals surface area contributed by atoms with Crippen LogP contribution in [0.2, 0.25) is 0 Å². The summed E-state index contributed by atoms with van der Waals surface area (Å²) < 4.78 is 25.9. The molecule has 1 aromatic rings. The first kappa shape index (κ1) is 12.1. The molecule has 0 atom stereocenters. The number of sulfonamides is 1. The SMILES string of the molecule is CC(=O)c1ccc(NS(=O)(=O)CC2CC2)cc1. The number of nitrogens with one attached hydrogen (secondary N) is 1. The highest BCUT2D eigenvalue weighted by molar-refractivity contribution is 7.92. The van der Waals surface area contributed by atoms with Crippen molar-refractivity contribution in [2.45, 2.75) is 19.8 Å². The molecule has 4 nitrogen and oxygen atoms in total. The van der Waals surface area contributed by atoms with Gasteiger partial charge < -0.3 is 0 Å². The Kier molecular flexibility index (Phi) is 3.19. The van der Waals surface area contributed by atoms with E-state index in [0.29, 0.717) is 17.2 Å². The third-order valence-electron chi connectivity index (χ3n) is 2.72. The number of Topliss-reactive ketones (excluding diaryl/α,β-unsaturated/α-hetero) is 1. The van der Waals surface area contributed by atoms with E-state index >= 15 is 0 Å². The van der Waals surface area contributed by atoms with Crippen LogP contribution in [0.25, 0.3) is 0 Å². The van der Waals surface area contributed by atoms with E-state index in [1.54, 1.807) is 24.3 Å². The van der Waals surface area contributed by atoms with Gasteiger partial charge in [-0.3, -0.25) is 9.52 Å². The van der Waals surface area contributed by atoms with Crippen molar-refractivity contribution in [3.8, 4) is 0 Å². The van der Waals surface area contributed by atoms with Crippen molar-refractivity contribution in [2.24, 2.45) is 5.92 Å². The van der Waals surface area contributed by atoms with Gasteiger partial charge in [0.1, 0.15) is 0 Å². The molecule has 92 valence electrons. The lowest BCUT2D eigenvalue weighted by Gasteiger charge is -2.07. The highest BCUT2D eigenvalue weighted by Gasteiger charge is 2.27. The van der Waals surface area contributed by atoms with Gasteiger partial charge in [-0.25, -0.2) is 8.42 Å². The van der Waals surface area contributed by atoms with Crippen molar-refractivity contribution in [2.75, 3.05) is 10.5 Å². The summed E-state index contributed by atoms with van der Waals surface area (Å²) in [5, 5.41) is 0. The van der Waals surface area contributed by atoms with E-state index in [1.165, 1.54) is 6.92 Å². The van der Waals surface area contributed by atoms with Crippen LogP contribution in [0.1, 0.15) is 30.1 Å². The molecule has 1 saturated carbocycles. The maximum Gasteiger partial charge on any atom is 0.232 e. The van der Waals surface area contributed by atoms with Crippen LogP contribution < -0.4 is 4.72 Å². The summed E-state index contributed by atoms with van der Waals surface area (Å²) in [7, 11) is -3.24. The Bertz CT molecular complexity index is 515. The maximum absolute atomic E-state index is 11.7. The Morgan fingerprint density at radius 1 is 1.29 bits per heavy atom. The molecule has 0 amide bonds. The van der Waals surface area contributed by atoms with Gasteiger partial charge in [-0.05, 0) is 49.9 Å². The normalized spacial score (nSPS) is 15.6. The minimum atomic E-state index is -3.24. The fourth-order valence-electron chi connectivity index (χ4n) is 1.59. The third kappa shape index (κ3) is 3.56. The zero-order valence-corrected chi connectivity index (χ0v) is 10.5. The molecule has 0 aromatic heterocycles. The Hall–Kier alpha value is -1.36. The second kappa shape index (κ2) is 4.49. The Balaban J connectivity index is 2.05. The molecule has 1 aliphatic carbocycles. The molecule has 0 heterocycles. The molecule has 2 rings (SSSR count). The lowest BCUT2D eigenvalue weighted by atomic mass is 10.1. The highest BCUT2D eigenvalue weighted by atomic mass is 32.2. The summed E-state index contributed by atoms with van der Waals surface area (Å²) >= 11 is 0. The van der Waals surface area contributed by atoms with Gasteiger partial charge in [0.2, 0.25) is 10.0 Å². The molecule has 17 heavy (non-hydrogen) atoms. The average molecular weight is 253 g/mol. The lowest BCUT2D eigenvalue weighted by molar-refractivity contribution is 0.101. The molecule has 1 aliphatic rings. The van der Waals surface area contributed by atoms with Crippen LogP contribution in [-0.4, -0.2) is 20.0 Å². The topological polar surface area (TPSA) is 63.2 Å².